The van der Waals surface area contributed by atoms with Crippen LogP contribution in [0.5, 0.6) is 0 Å². The summed E-state index contributed by atoms with van der Waals surface area (Å²) in [5.41, 5.74) is 54.0. The molecule has 0 atom stereocenters. The van der Waals surface area contributed by atoms with Crippen LogP contribution in [-0.4, -0.2) is 73.2 Å². The fourth-order valence-corrected chi connectivity index (χ4v) is 0. The average molecular weight is 1070 g/mol. The molecule has 64 heavy (non-hydrogen) atoms. The smallest absolute Gasteiger partial charge is 0.852 e. The van der Waals surface area contributed by atoms with Gasteiger partial charge in [-0.25, -0.2) is 0 Å². The van der Waals surface area contributed by atoms with E-state index in [2.05, 4.69) is 0 Å². The Morgan fingerprint density at radius 3 is 0.172 bits per heavy atom. The monoisotopic (exact) mass is 1070 g/mol. The summed E-state index contributed by atoms with van der Waals surface area (Å²) in [6.45, 7) is 38.7. The van der Waals surface area contributed by atoms with Gasteiger partial charge in [0.15, 0.2) is 0 Å². The van der Waals surface area contributed by atoms with Gasteiger partial charge in [-0.1, -0.05) is 166 Å². The molecule has 0 spiro atoms. The summed E-state index contributed by atoms with van der Waals surface area (Å²) < 4.78 is 0. The van der Waals surface area contributed by atoms with Crippen molar-refractivity contribution < 1.29 is 148 Å². The summed E-state index contributed by atoms with van der Waals surface area (Å²) in [5.74, 6) is 0. The van der Waals surface area contributed by atoms with E-state index in [0.717, 1.165) is 0 Å². The van der Waals surface area contributed by atoms with Crippen LogP contribution in [0.2, 0.25) is 0 Å². The van der Waals surface area contributed by atoms with Gasteiger partial charge in [0, 0.05) is 0 Å². The molecule has 0 N–H and O–H groups in total. The van der Waals surface area contributed by atoms with Gasteiger partial charge < -0.3 is 106 Å². The second kappa shape index (κ2) is 151. The average Bonchev–Trinajstić information content (AvgIpc) is 2.86. The van der Waals surface area contributed by atoms with Gasteiger partial charge in [0.2, 0.25) is 0 Å². The molecule has 376 valence electrons. The van der Waals surface area contributed by atoms with Gasteiger partial charge in [-0.05, 0) is 0 Å². The normalized spacial score (nSPS) is 7.25. The van der Waals surface area contributed by atoms with Crippen molar-refractivity contribution in [3.05, 3.63) is 63.9 Å². The molecular formula is C36H84N12O12Ti4. The number of hydrogen-bond donors (Lipinski definition) is 0. The zero-order valence-electron chi connectivity index (χ0n) is 43.2. The van der Waals surface area contributed by atoms with E-state index in [1.807, 2.05) is 0 Å². The van der Waals surface area contributed by atoms with Crippen molar-refractivity contribution in [3.63, 3.8) is 0 Å². The quantitative estimate of drug-likeness (QED) is 0.139. The van der Waals surface area contributed by atoms with Gasteiger partial charge in [-0.2, -0.15) is 0 Å². The zero-order valence-corrected chi connectivity index (χ0v) is 49.4. The summed E-state index contributed by atoms with van der Waals surface area (Å²) in [7, 11) is 0. The molecule has 0 aliphatic rings. The third kappa shape index (κ3) is 1540000. The van der Waals surface area contributed by atoms with Gasteiger partial charge in [-0.15, -0.1) is 73.2 Å². The Labute approximate surface area is 448 Å². The van der Waals surface area contributed by atoms with Crippen LogP contribution in [0.15, 0.2) is 0 Å². The first-order valence-corrected chi connectivity index (χ1v) is 18.3. The van der Waals surface area contributed by atoms with Crippen molar-refractivity contribution in [1.29, 1.82) is 0 Å². The fourth-order valence-electron chi connectivity index (χ4n) is 0. The molecule has 0 rings (SSSR count). The first-order chi connectivity index (χ1) is 26.4. The van der Waals surface area contributed by atoms with Gasteiger partial charge in [0.05, 0.1) is 0 Å². The SMILES string of the molecule is CC(C)[O-].CC(C)[O-].CC(C)[O-].CC(C)[O-].CC(C)[O-].CC(C)[O-].CC(C)[O-].CC(C)[O-].CC(C)[O-].CC(C)[O-].CC(C)[O-].CC(C)[O-].[N-]=[N+]=[N-].[N-]=[N+]=[N-].[N-]=[N+]=[N-].[N-]=[N+]=[N-].[Ti+4].[Ti+4].[Ti+4].[Ti+4]. The first-order valence-electron chi connectivity index (χ1n) is 18.3. The molecule has 0 saturated heterocycles. The number of rotatable bonds is 0. The molecule has 0 aromatic rings. The minimum Gasteiger partial charge on any atom is -0.852 e. The molecule has 0 unspecified atom stereocenters. The predicted octanol–water partition coefficient (Wildman–Crippen LogP) is 0.516. The Balaban J connectivity index is -0.0000000179. The molecule has 0 heterocycles. The Morgan fingerprint density at radius 2 is 0.172 bits per heavy atom. The van der Waals surface area contributed by atoms with Crippen LogP contribution < -0.4 is 61.3 Å². The second-order valence-electron chi connectivity index (χ2n) is 12.9. The molecular weight excluding hydrogens is 984 g/mol. The van der Waals surface area contributed by atoms with Crippen LogP contribution in [0, 0.1) is 0 Å². The molecule has 24 nitrogen and oxygen atoms in total. The summed E-state index contributed by atoms with van der Waals surface area (Å²) in [6, 6.07) is 0. The number of nitrogens with zero attached hydrogens (tertiary/aromatic N) is 12. The molecule has 28 heteroatoms. The summed E-state index contributed by atoms with van der Waals surface area (Å²) in [4.78, 5) is 6.00. The van der Waals surface area contributed by atoms with Gasteiger partial charge in [-0.3, -0.25) is 19.6 Å². The van der Waals surface area contributed by atoms with Crippen molar-refractivity contribution in [2.24, 2.45) is 0 Å². The molecule has 0 amide bonds. The van der Waals surface area contributed by atoms with Crippen molar-refractivity contribution in [3.8, 4) is 0 Å². The van der Waals surface area contributed by atoms with E-state index >= 15 is 0 Å². The Morgan fingerprint density at radius 1 is 0.172 bits per heavy atom. The van der Waals surface area contributed by atoms with Crippen LogP contribution in [0.1, 0.15) is 166 Å². The van der Waals surface area contributed by atoms with E-state index in [4.69, 9.17) is 44.2 Å². The maximum atomic E-state index is 9.53. The second-order valence-corrected chi connectivity index (χ2v) is 12.9. The molecule has 0 bridgehead atoms. The van der Waals surface area contributed by atoms with Crippen molar-refractivity contribution >= 4 is 0 Å². The van der Waals surface area contributed by atoms with Crippen molar-refractivity contribution in [1.82, 2.24) is 0 Å². The Kier molecular flexibility index (Phi) is 310. The third-order valence-corrected chi connectivity index (χ3v) is 0. The third-order valence-electron chi connectivity index (χ3n) is 0. The summed E-state index contributed by atoms with van der Waals surface area (Å²) in [6.07, 6.45) is -5.00. The van der Waals surface area contributed by atoms with E-state index in [1.165, 1.54) is 19.6 Å². The maximum Gasteiger partial charge on any atom is 4.00 e. The molecule has 0 aromatic heterocycles. The van der Waals surface area contributed by atoms with E-state index in [0.29, 0.717) is 0 Å². The van der Waals surface area contributed by atoms with Crippen molar-refractivity contribution in [2.75, 3.05) is 0 Å². The van der Waals surface area contributed by atoms with E-state index in [1.54, 1.807) is 166 Å². The van der Waals surface area contributed by atoms with Crippen LogP contribution in [0.4, 0.5) is 0 Å². The molecule has 0 radical (unpaired) electrons. The zero-order chi connectivity index (χ0) is 53.8. The van der Waals surface area contributed by atoms with E-state index in [-0.39, 0.29) is 86.9 Å². The van der Waals surface area contributed by atoms with Gasteiger partial charge >= 0.3 is 86.9 Å². The Bertz CT molecular complexity index is 539. The standard InChI is InChI=1S/12C3H7O.4N3.4Ti/c12*1-3(2)4;4*1-3-2;;;;/h12*3H,1-2H3;;;;;;;;/q16*-1;4*+4. The van der Waals surface area contributed by atoms with Crippen LogP contribution in [0.25, 0.3) is 63.9 Å². The van der Waals surface area contributed by atoms with E-state index in [9.17, 15) is 61.3 Å². The minimum absolute atomic E-state index is 0. The Hall–Kier alpha value is -0.383. The minimum atomic E-state index is -0.417. The van der Waals surface area contributed by atoms with Crippen LogP contribution in [-0.2, 0) is 86.9 Å². The van der Waals surface area contributed by atoms with Gasteiger partial charge in [0.1, 0.15) is 0 Å². The molecule has 0 fully saturated rings. The molecule has 0 aliphatic carbocycles. The number of hydrogen-bond acceptors (Lipinski definition) is 12. The predicted molar refractivity (Wildman–Crippen MR) is 222 cm³/mol. The summed E-state index contributed by atoms with van der Waals surface area (Å²) >= 11 is 0. The maximum absolute atomic E-state index is 9.53. The molecule has 0 saturated carbocycles. The molecule has 0 aromatic carbocycles. The van der Waals surface area contributed by atoms with E-state index < -0.39 is 73.2 Å². The summed E-state index contributed by atoms with van der Waals surface area (Å²) in [5, 5.41) is 114. The van der Waals surface area contributed by atoms with Crippen molar-refractivity contribution in [2.45, 2.75) is 239 Å². The topological polar surface area (TPSA) is 512 Å². The molecule has 0 aliphatic heterocycles. The fraction of sp³-hybridized carbons (Fsp3) is 1.00. The van der Waals surface area contributed by atoms with Crippen LogP contribution >= 0.6 is 0 Å². The largest absolute Gasteiger partial charge is 4.00 e. The first kappa shape index (κ1) is 131. The van der Waals surface area contributed by atoms with Crippen LogP contribution in [0.3, 0.4) is 0 Å². The van der Waals surface area contributed by atoms with Gasteiger partial charge in [0.25, 0.3) is 0 Å².